The van der Waals surface area contributed by atoms with Gasteiger partial charge in [-0.1, -0.05) is 146 Å². The SMILES string of the molecule is c1ccc(N(c2ccc(-c3cccnc3)cc2)c2cc(-c3ccc4c(ccc5cc(-c6ccc7sc8ccc9ccccc9c8c7c6)ccc54)c3)cc(N(c3ccccc3)c3ccc4c(c3)oc3ccccc34)c2)cc1. The van der Waals surface area contributed by atoms with Crippen LogP contribution in [0.4, 0.5) is 34.1 Å². The largest absolute Gasteiger partial charge is 0.456 e. The molecule has 0 saturated carbocycles. The summed E-state index contributed by atoms with van der Waals surface area (Å²) in [7, 11) is 0. The van der Waals surface area contributed by atoms with E-state index in [9.17, 15) is 0 Å². The summed E-state index contributed by atoms with van der Waals surface area (Å²) in [6.07, 6.45) is 3.73. The van der Waals surface area contributed by atoms with Gasteiger partial charge in [0.05, 0.1) is 0 Å². The second-order valence-corrected chi connectivity index (χ2v) is 20.6. The Balaban J connectivity index is 0.880. The van der Waals surface area contributed by atoms with E-state index in [0.29, 0.717) is 0 Å². The van der Waals surface area contributed by atoms with E-state index in [-0.39, 0.29) is 0 Å². The molecule has 3 heterocycles. The van der Waals surface area contributed by atoms with Gasteiger partial charge in [0.25, 0.3) is 0 Å². The fraction of sp³-hybridized carbons (Fsp3) is 0. The van der Waals surface area contributed by atoms with Gasteiger partial charge in [0, 0.05) is 83.5 Å². The third-order valence-electron chi connectivity index (χ3n) is 15.1. The average molecular weight is 988 g/mol. The standard InChI is InChI=1S/C71H45N3OS/c1-3-14-55(15-4-1)73(57-29-23-46(24-30-57)53-13-11-37-72-45-53)59-40-54(41-60(43-59)74(56-16-5-2-6-17-56)58-31-34-65-64-19-9-10-20-67(64)75-68(65)44-58)49-26-33-62-52(39-49)22-21-51-38-48(25-32-61(51)62)50-28-35-69-66(42-50)71-63-18-8-7-12-47(63)27-36-70(71)76-69/h1-45H. The minimum Gasteiger partial charge on any atom is -0.456 e. The predicted molar refractivity (Wildman–Crippen MR) is 323 cm³/mol. The van der Waals surface area contributed by atoms with Gasteiger partial charge in [0.15, 0.2) is 0 Å². The zero-order valence-corrected chi connectivity index (χ0v) is 42.0. The van der Waals surface area contributed by atoms with Crippen molar-refractivity contribution in [2.45, 2.75) is 0 Å². The molecular weight excluding hydrogens is 943 g/mol. The topological polar surface area (TPSA) is 32.5 Å². The fourth-order valence-corrected chi connectivity index (χ4v) is 12.5. The maximum atomic E-state index is 6.53. The minimum absolute atomic E-state index is 0.843. The summed E-state index contributed by atoms with van der Waals surface area (Å²) in [5.41, 5.74) is 14.7. The van der Waals surface area contributed by atoms with Crippen LogP contribution in [0, 0.1) is 0 Å². The van der Waals surface area contributed by atoms with Crippen LogP contribution in [0.2, 0.25) is 0 Å². The molecule has 0 aliphatic carbocycles. The number of hydrogen-bond acceptors (Lipinski definition) is 5. The first kappa shape index (κ1) is 43.7. The Hall–Kier alpha value is -9.81. The molecule has 0 aliphatic rings. The highest BCUT2D eigenvalue weighted by Crippen LogP contribution is 2.46. The Morgan fingerprint density at radius 2 is 0.842 bits per heavy atom. The van der Waals surface area contributed by atoms with E-state index in [0.717, 1.165) is 78.3 Å². The van der Waals surface area contributed by atoms with Gasteiger partial charge in [0.1, 0.15) is 11.2 Å². The predicted octanol–water partition coefficient (Wildman–Crippen LogP) is 20.7. The maximum absolute atomic E-state index is 6.53. The van der Waals surface area contributed by atoms with Gasteiger partial charge in [-0.05, 0) is 175 Å². The molecule has 0 aliphatic heterocycles. The van der Waals surface area contributed by atoms with Crippen LogP contribution >= 0.6 is 11.3 Å². The Kier molecular flexibility index (Phi) is 10.4. The summed E-state index contributed by atoms with van der Waals surface area (Å²) in [4.78, 5) is 9.11. The molecule has 12 aromatic carbocycles. The first-order chi connectivity index (χ1) is 37.6. The van der Waals surface area contributed by atoms with Crippen molar-refractivity contribution in [2.24, 2.45) is 0 Å². The third-order valence-corrected chi connectivity index (χ3v) is 16.2. The van der Waals surface area contributed by atoms with E-state index >= 15 is 0 Å². The Morgan fingerprint density at radius 1 is 0.289 bits per heavy atom. The molecule has 0 spiro atoms. The molecule has 0 unspecified atom stereocenters. The van der Waals surface area contributed by atoms with Crippen LogP contribution in [0.25, 0.3) is 108 Å². The quantitative estimate of drug-likeness (QED) is 0.135. The molecule has 0 N–H and O–H groups in total. The molecule has 0 radical (unpaired) electrons. The van der Waals surface area contributed by atoms with Crippen molar-refractivity contribution in [3.05, 3.63) is 273 Å². The number of rotatable bonds is 9. The van der Waals surface area contributed by atoms with Crippen molar-refractivity contribution >= 4 is 120 Å². The van der Waals surface area contributed by atoms with Crippen LogP contribution in [0.5, 0.6) is 0 Å². The zero-order chi connectivity index (χ0) is 50.1. The lowest BCUT2D eigenvalue weighted by Gasteiger charge is -2.30. The summed E-state index contributed by atoms with van der Waals surface area (Å²) < 4.78 is 9.17. The van der Waals surface area contributed by atoms with Gasteiger partial charge in [-0.2, -0.15) is 0 Å². The summed E-state index contributed by atoms with van der Waals surface area (Å²) in [6.45, 7) is 0. The first-order valence-electron chi connectivity index (χ1n) is 25.7. The van der Waals surface area contributed by atoms with Crippen molar-refractivity contribution < 1.29 is 4.42 Å². The summed E-state index contributed by atoms with van der Waals surface area (Å²) in [6, 6.07) is 94.8. The van der Waals surface area contributed by atoms with E-state index in [2.05, 4.69) is 257 Å². The monoisotopic (exact) mass is 987 g/mol. The lowest BCUT2D eigenvalue weighted by atomic mass is 9.94. The number of fused-ring (bicyclic) bond motifs is 11. The molecular formula is C71H45N3OS. The van der Waals surface area contributed by atoms with E-state index in [1.807, 2.05) is 41.9 Å². The molecule has 0 amide bonds. The Bertz CT molecular complexity index is 4700. The van der Waals surface area contributed by atoms with Crippen LogP contribution in [0.1, 0.15) is 0 Å². The van der Waals surface area contributed by atoms with Crippen molar-refractivity contribution in [3.8, 4) is 33.4 Å². The molecule has 5 heteroatoms. The van der Waals surface area contributed by atoms with Gasteiger partial charge in [-0.25, -0.2) is 0 Å². The average Bonchev–Trinajstić information content (AvgIpc) is 4.07. The molecule has 4 nitrogen and oxygen atoms in total. The van der Waals surface area contributed by atoms with Gasteiger partial charge in [-0.3, -0.25) is 4.98 Å². The normalized spacial score (nSPS) is 11.7. The molecule has 356 valence electrons. The highest BCUT2D eigenvalue weighted by molar-refractivity contribution is 7.26. The summed E-state index contributed by atoms with van der Waals surface area (Å²) in [5, 5.41) is 12.3. The second kappa shape index (κ2) is 18.0. The number of hydrogen-bond donors (Lipinski definition) is 0. The summed E-state index contributed by atoms with van der Waals surface area (Å²) >= 11 is 1.87. The van der Waals surface area contributed by atoms with E-state index < -0.39 is 0 Å². The molecule has 0 atom stereocenters. The molecule has 0 bridgehead atoms. The van der Waals surface area contributed by atoms with Crippen molar-refractivity contribution in [1.29, 1.82) is 0 Å². The second-order valence-electron chi connectivity index (χ2n) is 19.6. The van der Waals surface area contributed by atoms with Crippen LogP contribution in [0.15, 0.2) is 278 Å². The minimum atomic E-state index is 0.843. The number of pyridine rings is 1. The number of para-hydroxylation sites is 3. The maximum Gasteiger partial charge on any atom is 0.137 e. The van der Waals surface area contributed by atoms with E-state index in [1.54, 1.807) is 0 Å². The van der Waals surface area contributed by atoms with Gasteiger partial charge in [-0.15, -0.1) is 11.3 Å². The lowest BCUT2D eigenvalue weighted by Crippen LogP contribution is -2.13. The Morgan fingerprint density at radius 3 is 1.57 bits per heavy atom. The van der Waals surface area contributed by atoms with Crippen molar-refractivity contribution in [1.82, 2.24) is 4.98 Å². The number of anilines is 6. The molecule has 15 aromatic rings. The van der Waals surface area contributed by atoms with Crippen LogP contribution in [-0.2, 0) is 0 Å². The van der Waals surface area contributed by atoms with Crippen LogP contribution in [0.3, 0.4) is 0 Å². The smallest absolute Gasteiger partial charge is 0.137 e. The van der Waals surface area contributed by atoms with E-state index in [4.69, 9.17) is 4.42 Å². The molecule has 15 rings (SSSR count). The van der Waals surface area contributed by atoms with Crippen molar-refractivity contribution in [2.75, 3.05) is 9.80 Å². The number of benzene rings is 12. The molecule has 76 heavy (non-hydrogen) atoms. The number of nitrogens with zero attached hydrogens (tertiary/aromatic N) is 3. The number of thiophene rings is 1. The molecule has 0 fully saturated rings. The third kappa shape index (κ3) is 7.55. The van der Waals surface area contributed by atoms with Gasteiger partial charge >= 0.3 is 0 Å². The fourth-order valence-electron chi connectivity index (χ4n) is 11.4. The highest BCUT2D eigenvalue weighted by Gasteiger charge is 2.21. The number of furan rings is 1. The van der Waals surface area contributed by atoms with Gasteiger partial charge < -0.3 is 14.2 Å². The first-order valence-corrected chi connectivity index (χ1v) is 26.5. The van der Waals surface area contributed by atoms with E-state index in [1.165, 1.54) is 63.6 Å². The van der Waals surface area contributed by atoms with Crippen LogP contribution < -0.4 is 9.80 Å². The highest BCUT2D eigenvalue weighted by atomic mass is 32.1. The van der Waals surface area contributed by atoms with Crippen LogP contribution in [-0.4, -0.2) is 4.98 Å². The lowest BCUT2D eigenvalue weighted by molar-refractivity contribution is 0.669. The molecule has 0 saturated heterocycles. The molecule has 3 aromatic heterocycles. The van der Waals surface area contributed by atoms with Gasteiger partial charge in [0.2, 0.25) is 0 Å². The summed E-state index contributed by atoms with van der Waals surface area (Å²) in [5.74, 6) is 0. The Labute approximate surface area is 443 Å². The number of aromatic nitrogens is 1. The van der Waals surface area contributed by atoms with Crippen molar-refractivity contribution in [3.63, 3.8) is 0 Å². The zero-order valence-electron chi connectivity index (χ0n) is 41.1.